The number of halogens is 3. The van der Waals surface area contributed by atoms with Crippen LogP contribution in [0.2, 0.25) is 0 Å². The zero-order chi connectivity index (χ0) is 14.3. The van der Waals surface area contributed by atoms with E-state index in [-0.39, 0.29) is 12.5 Å². The number of carbonyl (C=O) groups is 1. The van der Waals surface area contributed by atoms with Crippen molar-refractivity contribution in [3.05, 3.63) is 29.8 Å². The van der Waals surface area contributed by atoms with Crippen molar-refractivity contribution in [1.29, 1.82) is 0 Å². The van der Waals surface area contributed by atoms with Crippen molar-refractivity contribution < 1.29 is 18.0 Å². The molecule has 0 saturated carbocycles. The molecule has 0 spiro atoms. The van der Waals surface area contributed by atoms with Crippen LogP contribution in [0.1, 0.15) is 25.3 Å². The summed E-state index contributed by atoms with van der Waals surface area (Å²) in [5.41, 5.74) is -0.218. The molecule has 1 aromatic carbocycles. The maximum Gasteiger partial charge on any atom is 0.416 e. The van der Waals surface area contributed by atoms with Crippen molar-refractivity contribution in [2.24, 2.45) is 0 Å². The summed E-state index contributed by atoms with van der Waals surface area (Å²) in [5, 5.41) is 5.48. The Kier molecular flexibility index (Phi) is 5.66. The third-order valence-electron chi connectivity index (χ3n) is 2.52. The van der Waals surface area contributed by atoms with Gasteiger partial charge < -0.3 is 10.6 Å². The van der Waals surface area contributed by atoms with E-state index in [2.05, 4.69) is 10.6 Å². The van der Waals surface area contributed by atoms with Crippen LogP contribution in [0.25, 0.3) is 0 Å². The fraction of sp³-hybridized carbons (Fsp3) is 0.462. The number of unbranched alkanes of at least 4 members (excludes halogenated alkanes) is 1. The number of nitrogens with one attached hydrogen (secondary N) is 2. The first-order valence-corrected chi connectivity index (χ1v) is 6.11. The van der Waals surface area contributed by atoms with Gasteiger partial charge in [0.15, 0.2) is 0 Å². The molecule has 0 fully saturated rings. The molecule has 2 N–H and O–H groups in total. The van der Waals surface area contributed by atoms with Crippen molar-refractivity contribution in [2.45, 2.75) is 25.9 Å². The Labute approximate surface area is 110 Å². The van der Waals surface area contributed by atoms with Crippen molar-refractivity contribution in [3.8, 4) is 0 Å². The Hall–Kier alpha value is -1.72. The monoisotopic (exact) mass is 274 g/mol. The third kappa shape index (κ3) is 5.63. The molecule has 0 aliphatic carbocycles. The molecule has 1 aromatic rings. The molecule has 3 nitrogen and oxygen atoms in total. The SMILES string of the molecule is CCCCNC(=O)CNc1ccc(C(F)(F)F)cc1. The maximum absolute atomic E-state index is 12.3. The Morgan fingerprint density at radius 2 is 1.84 bits per heavy atom. The number of anilines is 1. The number of benzene rings is 1. The number of alkyl halides is 3. The number of amides is 1. The molecule has 0 bridgehead atoms. The van der Waals surface area contributed by atoms with Gasteiger partial charge in [-0.3, -0.25) is 4.79 Å². The van der Waals surface area contributed by atoms with Crippen LogP contribution in [0.4, 0.5) is 18.9 Å². The minimum atomic E-state index is -4.34. The first-order chi connectivity index (χ1) is 8.93. The Morgan fingerprint density at radius 1 is 1.21 bits per heavy atom. The van der Waals surface area contributed by atoms with Crippen LogP contribution in [-0.4, -0.2) is 19.0 Å². The molecule has 0 atom stereocenters. The highest BCUT2D eigenvalue weighted by Crippen LogP contribution is 2.29. The topological polar surface area (TPSA) is 41.1 Å². The Morgan fingerprint density at radius 3 is 2.37 bits per heavy atom. The van der Waals surface area contributed by atoms with Crippen LogP contribution in [0.5, 0.6) is 0 Å². The number of rotatable bonds is 6. The van der Waals surface area contributed by atoms with Crippen molar-refractivity contribution >= 4 is 11.6 Å². The van der Waals surface area contributed by atoms with Gasteiger partial charge in [-0.2, -0.15) is 13.2 Å². The smallest absolute Gasteiger partial charge is 0.376 e. The van der Waals surface area contributed by atoms with Gasteiger partial charge in [-0.1, -0.05) is 13.3 Å². The largest absolute Gasteiger partial charge is 0.416 e. The lowest BCUT2D eigenvalue weighted by Gasteiger charge is -2.09. The highest BCUT2D eigenvalue weighted by Gasteiger charge is 2.29. The van der Waals surface area contributed by atoms with Gasteiger partial charge in [-0.25, -0.2) is 0 Å². The molecule has 0 radical (unpaired) electrons. The van der Waals surface area contributed by atoms with Gasteiger partial charge in [0.1, 0.15) is 0 Å². The standard InChI is InChI=1S/C13H17F3N2O/c1-2-3-8-17-12(19)9-18-11-6-4-10(5-7-11)13(14,15)16/h4-7,18H,2-3,8-9H2,1H3,(H,17,19). The number of carbonyl (C=O) groups excluding carboxylic acids is 1. The van der Waals surface area contributed by atoms with E-state index in [0.717, 1.165) is 25.0 Å². The van der Waals surface area contributed by atoms with Gasteiger partial charge in [0, 0.05) is 12.2 Å². The lowest BCUT2D eigenvalue weighted by molar-refractivity contribution is -0.137. The molecular formula is C13H17F3N2O. The molecule has 6 heteroatoms. The Bertz CT molecular complexity index is 401. The average Bonchev–Trinajstić information content (AvgIpc) is 2.36. The van der Waals surface area contributed by atoms with Gasteiger partial charge in [0.25, 0.3) is 0 Å². The number of hydrogen-bond acceptors (Lipinski definition) is 2. The predicted octanol–water partition coefficient (Wildman–Crippen LogP) is 3.03. The highest BCUT2D eigenvalue weighted by molar-refractivity contribution is 5.80. The molecule has 0 unspecified atom stereocenters. The van der Waals surface area contributed by atoms with Crippen LogP contribution in [0.3, 0.4) is 0 Å². The van der Waals surface area contributed by atoms with Gasteiger partial charge in [-0.05, 0) is 30.7 Å². The van der Waals surface area contributed by atoms with Gasteiger partial charge in [-0.15, -0.1) is 0 Å². The minimum absolute atomic E-state index is 0.0507. The van der Waals surface area contributed by atoms with Crippen LogP contribution in [0, 0.1) is 0 Å². The summed E-state index contributed by atoms with van der Waals surface area (Å²) in [7, 11) is 0. The van der Waals surface area contributed by atoms with E-state index in [1.54, 1.807) is 0 Å². The zero-order valence-corrected chi connectivity index (χ0v) is 10.7. The van der Waals surface area contributed by atoms with Gasteiger partial charge >= 0.3 is 6.18 Å². The van der Waals surface area contributed by atoms with E-state index in [9.17, 15) is 18.0 Å². The summed E-state index contributed by atoms with van der Waals surface area (Å²) >= 11 is 0. The zero-order valence-electron chi connectivity index (χ0n) is 10.7. The quantitative estimate of drug-likeness (QED) is 0.783. The predicted molar refractivity (Wildman–Crippen MR) is 67.9 cm³/mol. The third-order valence-corrected chi connectivity index (χ3v) is 2.52. The van der Waals surface area contributed by atoms with Crippen LogP contribution in [-0.2, 0) is 11.0 Å². The molecule has 0 aliphatic rings. The van der Waals surface area contributed by atoms with Crippen molar-refractivity contribution in [2.75, 3.05) is 18.4 Å². The lowest BCUT2D eigenvalue weighted by atomic mass is 10.2. The van der Waals surface area contributed by atoms with E-state index >= 15 is 0 Å². The van der Waals surface area contributed by atoms with Gasteiger partial charge in [0.2, 0.25) is 5.91 Å². The molecule has 0 heterocycles. The van der Waals surface area contributed by atoms with Crippen LogP contribution in [0.15, 0.2) is 24.3 Å². The van der Waals surface area contributed by atoms with E-state index < -0.39 is 11.7 Å². The molecule has 0 aromatic heterocycles. The molecule has 1 rings (SSSR count). The summed E-state index contributed by atoms with van der Waals surface area (Å²) in [6.45, 7) is 2.69. The van der Waals surface area contributed by atoms with E-state index in [0.29, 0.717) is 12.2 Å². The fourth-order valence-corrected chi connectivity index (χ4v) is 1.43. The van der Waals surface area contributed by atoms with Crippen LogP contribution < -0.4 is 10.6 Å². The Balaban J connectivity index is 2.40. The minimum Gasteiger partial charge on any atom is -0.376 e. The lowest BCUT2D eigenvalue weighted by Crippen LogP contribution is -2.30. The maximum atomic E-state index is 12.3. The highest BCUT2D eigenvalue weighted by atomic mass is 19.4. The molecule has 1 amide bonds. The second-order valence-electron chi connectivity index (χ2n) is 4.13. The molecule has 19 heavy (non-hydrogen) atoms. The second kappa shape index (κ2) is 7.01. The van der Waals surface area contributed by atoms with Gasteiger partial charge in [0.05, 0.1) is 12.1 Å². The van der Waals surface area contributed by atoms with Crippen LogP contribution >= 0.6 is 0 Å². The van der Waals surface area contributed by atoms with Crippen molar-refractivity contribution in [1.82, 2.24) is 5.32 Å². The normalized spacial score (nSPS) is 11.2. The van der Waals surface area contributed by atoms with E-state index in [1.807, 2.05) is 6.92 Å². The fourth-order valence-electron chi connectivity index (χ4n) is 1.43. The summed E-state index contributed by atoms with van der Waals surface area (Å²) in [5.74, 6) is -0.173. The molecule has 106 valence electrons. The summed E-state index contributed by atoms with van der Waals surface area (Å²) in [6.07, 6.45) is -2.44. The first kappa shape index (κ1) is 15.3. The second-order valence-corrected chi connectivity index (χ2v) is 4.13. The summed E-state index contributed by atoms with van der Waals surface area (Å²) in [6, 6.07) is 4.58. The summed E-state index contributed by atoms with van der Waals surface area (Å²) in [4.78, 5) is 11.4. The molecular weight excluding hydrogens is 257 g/mol. The first-order valence-electron chi connectivity index (χ1n) is 6.11. The van der Waals surface area contributed by atoms with Crippen molar-refractivity contribution in [3.63, 3.8) is 0 Å². The molecule has 0 aliphatic heterocycles. The molecule has 0 saturated heterocycles. The average molecular weight is 274 g/mol. The summed E-state index contributed by atoms with van der Waals surface area (Å²) < 4.78 is 37.0. The van der Waals surface area contributed by atoms with E-state index in [4.69, 9.17) is 0 Å². The number of hydrogen-bond donors (Lipinski definition) is 2. The van der Waals surface area contributed by atoms with E-state index in [1.165, 1.54) is 12.1 Å².